The van der Waals surface area contributed by atoms with Crippen LogP contribution in [0.1, 0.15) is 38.7 Å². The van der Waals surface area contributed by atoms with Crippen molar-refractivity contribution >= 4 is 0 Å². The van der Waals surface area contributed by atoms with Gasteiger partial charge in [-0.15, -0.1) is 0 Å². The maximum Gasteiger partial charge on any atom is 0.125 e. The summed E-state index contributed by atoms with van der Waals surface area (Å²) >= 11 is 0. The Bertz CT molecular complexity index is 310. The summed E-state index contributed by atoms with van der Waals surface area (Å²) in [7, 11) is 0. The van der Waals surface area contributed by atoms with E-state index >= 15 is 0 Å². The van der Waals surface area contributed by atoms with Gasteiger partial charge in [-0.2, -0.15) is 0 Å². The van der Waals surface area contributed by atoms with Crippen LogP contribution in [-0.4, -0.2) is 22.6 Å². The first-order valence-corrected chi connectivity index (χ1v) is 6.15. The van der Waals surface area contributed by atoms with Gasteiger partial charge in [-0.1, -0.05) is 20.8 Å². The lowest BCUT2D eigenvalue weighted by Crippen LogP contribution is -2.36. The molecule has 1 unspecified atom stereocenters. The molecular weight excluding hydrogens is 198 g/mol. The fourth-order valence-electron chi connectivity index (χ4n) is 1.72. The van der Waals surface area contributed by atoms with E-state index in [4.69, 9.17) is 0 Å². The molecule has 3 heteroatoms. The molecule has 0 aliphatic rings. The summed E-state index contributed by atoms with van der Waals surface area (Å²) < 4.78 is 0. The first kappa shape index (κ1) is 13.1. The van der Waals surface area contributed by atoms with Crippen molar-refractivity contribution in [3.8, 4) is 0 Å². The number of nitrogens with zero attached hydrogens (tertiary/aromatic N) is 2. The van der Waals surface area contributed by atoms with Gasteiger partial charge in [0.2, 0.25) is 0 Å². The van der Waals surface area contributed by atoms with E-state index < -0.39 is 0 Å². The Morgan fingerprint density at radius 3 is 2.69 bits per heavy atom. The van der Waals surface area contributed by atoms with Crippen LogP contribution >= 0.6 is 0 Å². The van der Waals surface area contributed by atoms with Crippen molar-refractivity contribution in [3.63, 3.8) is 0 Å². The van der Waals surface area contributed by atoms with Crippen LogP contribution in [0.2, 0.25) is 0 Å². The molecule has 1 rings (SSSR count). The van der Waals surface area contributed by atoms with Gasteiger partial charge >= 0.3 is 0 Å². The molecule has 0 saturated heterocycles. The molecule has 0 spiro atoms. The Labute approximate surface area is 98.7 Å². The topological polar surface area (TPSA) is 37.8 Å². The van der Waals surface area contributed by atoms with Crippen LogP contribution < -0.4 is 5.32 Å². The van der Waals surface area contributed by atoms with E-state index in [1.165, 1.54) is 6.42 Å². The summed E-state index contributed by atoms with van der Waals surface area (Å²) in [4.78, 5) is 8.57. The first-order chi connectivity index (χ1) is 7.63. The fourth-order valence-corrected chi connectivity index (χ4v) is 1.72. The summed E-state index contributed by atoms with van der Waals surface area (Å²) in [5.74, 6) is 1.48. The summed E-state index contributed by atoms with van der Waals surface area (Å²) in [6.07, 6.45) is 4.00. The Balaban J connectivity index is 2.60. The highest BCUT2D eigenvalue weighted by atomic mass is 14.9. The zero-order chi connectivity index (χ0) is 12.0. The quantitative estimate of drug-likeness (QED) is 0.801. The third-order valence-electron chi connectivity index (χ3n) is 2.72. The smallest absolute Gasteiger partial charge is 0.125 e. The van der Waals surface area contributed by atoms with Gasteiger partial charge in [0.05, 0.1) is 0 Å². The molecule has 1 heterocycles. The highest BCUT2D eigenvalue weighted by Crippen LogP contribution is 2.08. The fraction of sp³-hybridized carbons (Fsp3) is 0.692. The van der Waals surface area contributed by atoms with E-state index in [2.05, 4.69) is 36.1 Å². The SMILES string of the molecule is CCCNC(Cc1ccnc(C)n1)C(C)C. The molecule has 16 heavy (non-hydrogen) atoms. The zero-order valence-corrected chi connectivity index (χ0v) is 10.8. The molecule has 90 valence electrons. The van der Waals surface area contributed by atoms with Crippen molar-refractivity contribution in [2.24, 2.45) is 5.92 Å². The molecule has 0 amide bonds. The van der Waals surface area contributed by atoms with E-state index in [-0.39, 0.29) is 0 Å². The van der Waals surface area contributed by atoms with Gasteiger partial charge < -0.3 is 5.32 Å². The molecule has 1 atom stereocenters. The third-order valence-corrected chi connectivity index (χ3v) is 2.72. The van der Waals surface area contributed by atoms with Crippen LogP contribution in [0.25, 0.3) is 0 Å². The van der Waals surface area contributed by atoms with Gasteiger partial charge in [-0.25, -0.2) is 9.97 Å². The first-order valence-electron chi connectivity index (χ1n) is 6.15. The molecule has 1 N–H and O–H groups in total. The van der Waals surface area contributed by atoms with Crippen molar-refractivity contribution in [1.29, 1.82) is 0 Å². The Kier molecular flexibility index (Phi) is 5.39. The van der Waals surface area contributed by atoms with Crippen LogP contribution in [0.5, 0.6) is 0 Å². The number of aromatic nitrogens is 2. The summed E-state index contributed by atoms with van der Waals surface area (Å²) in [5, 5.41) is 3.58. The van der Waals surface area contributed by atoms with Crippen molar-refractivity contribution in [3.05, 3.63) is 23.8 Å². The maximum absolute atomic E-state index is 4.45. The maximum atomic E-state index is 4.45. The van der Waals surface area contributed by atoms with Crippen LogP contribution in [0.4, 0.5) is 0 Å². The molecule has 0 fully saturated rings. The molecule has 0 aliphatic heterocycles. The Morgan fingerprint density at radius 2 is 2.12 bits per heavy atom. The van der Waals surface area contributed by atoms with E-state index in [0.717, 1.165) is 24.5 Å². The lowest BCUT2D eigenvalue weighted by Gasteiger charge is -2.21. The normalized spacial score (nSPS) is 13.1. The molecule has 0 radical (unpaired) electrons. The molecule has 0 aromatic carbocycles. The summed E-state index contributed by atoms with van der Waals surface area (Å²) in [6.45, 7) is 9.71. The van der Waals surface area contributed by atoms with E-state index in [1.54, 1.807) is 0 Å². The number of rotatable bonds is 6. The van der Waals surface area contributed by atoms with Crippen LogP contribution in [0, 0.1) is 12.8 Å². The largest absolute Gasteiger partial charge is 0.313 e. The van der Waals surface area contributed by atoms with Crippen molar-refractivity contribution in [2.45, 2.75) is 46.6 Å². The van der Waals surface area contributed by atoms with Crippen LogP contribution in [-0.2, 0) is 6.42 Å². The molecule has 1 aromatic rings. The highest BCUT2D eigenvalue weighted by Gasteiger charge is 2.13. The van der Waals surface area contributed by atoms with Crippen molar-refractivity contribution in [2.75, 3.05) is 6.54 Å². The standard InChI is InChI=1S/C13H23N3/c1-5-7-15-13(10(2)3)9-12-6-8-14-11(4)16-12/h6,8,10,13,15H,5,7,9H2,1-4H3. The number of nitrogens with one attached hydrogen (secondary N) is 1. The minimum atomic E-state index is 0.509. The van der Waals surface area contributed by atoms with E-state index in [1.807, 2.05) is 19.2 Å². The van der Waals surface area contributed by atoms with Gasteiger partial charge in [0, 0.05) is 24.4 Å². The van der Waals surface area contributed by atoms with Crippen LogP contribution in [0.3, 0.4) is 0 Å². The predicted molar refractivity (Wildman–Crippen MR) is 67.4 cm³/mol. The minimum Gasteiger partial charge on any atom is -0.313 e. The van der Waals surface area contributed by atoms with Gasteiger partial charge in [0.25, 0.3) is 0 Å². The van der Waals surface area contributed by atoms with Crippen molar-refractivity contribution in [1.82, 2.24) is 15.3 Å². The van der Waals surface area contributed by atoms with Gasteiger partial charge in [0.15, 0.2) is 0 Å². The molecule has 0 aliphatic carbocycles. The highest BCUT2D eigenvalue weighted by molar-refractivity contribution is 5.04. The molecular formula is C13H23N3. The molecule has 3 nitrogen and oxygen atoms in total. The zero-order valence-electron chi connectivity index (χ0n) is 10.8. The second kappa shape index (κ2) is 6.59. The Morgan fingerprint density at radius 1 is 1.38 bits per heavy atom. The molecule has 1 aromatic heterocycles. The average molecular weight is 221 g/mol. The third kappa shape index (κ3) is 4.27. The van der Waals surface area contributed by atoms with Gasteiger partial charge in [-0.05, 0) is 31.9 Å². The second-order valence-electron chi connectivity index (χ2n) is 4.60. The molecule has 0 bridgehead atoms. The van der Waals surface area contributed by atoms with Gasteiger partial charge in [-0.3, -0.25) is 0 Å². The monoisotopic (exact) mass is 221 g/mol. The number of aryl methyl sites for hydroxylation is 1. The van der Waals surface area contributed by atoms with E-state index in [9.17, 15) is 0 Å². The van der Waals surface area contributed by atoms with Gasteiger partial charge in [0.1, 0.15) is 5.82 Å². The Hall–Kier alpha value is -0.960. The number of hydrogen-bond acceptors (Lipinski definition) is 3. The predicted octanol–water partition coefficient (Wildman–Crippen LogP) is 2.35. The summed E-state index contributed by atoms with van der Waals surface area (Å²) in [6, 6.07) is 2.52. The van der Waals surface area contributed by atoms with E-state index in [0.29, 0.717) is 12.0 Å². The average Bonchev–Trinajstić information content (AvgIpc) is 2.24. The lowest BCUT2D eigenvalue weighted by molar-refractivity contribution is 0.394. The second-order valence-corrected chi connectivity index (χ2v) is 4.60. The number of hydrogen-bond donors (Lipinski definition) is 1. The van der Waals surface area contributed by atoms with Crippen LogP contribution in [0.15, 0.2) is 12.3 Å². The lowest BCUT2D eigenvalue weighted by atomic mass is 9.99. The minimum absolute atomic E-state index is 0.509. The van der Waals surface area contributed by atoms with Crippen molar-refractivity contribution < 1.29 is 0 Å². The molecule has 0 saturated carbocycles. The summed E-state index contributed by atoms with van der Waals surface area (Å²) in [5.41, 5.74) is 1.13.